The number of nitrogens with two attached hydrogens (primary N) is 2. The fraction of sp³-hybridized carbons (Fsp3) is 0.636. The molecular weight excluding hydrogens is 1030 g/mol. The third-order valence-corrected chi connectivity index (χ3v) is 12.0. The van der Waals surface area contributed by atoms with Crippen LogP contribution in [0.5, 0.6) is 23.0 Å². The Morgan fingerprint density at radius 1 is 0.613 bits per heavy atom. The number of amides is 4. The van der Waals surface area contributed by atoms with Gasteiger partial charge in [-0.15, -0.1) is 0 Å². The van der Waals surface area contributed by atoms with Gasteiger partial charge in [-0.1, -0.05) is 0 Å². The minimum Gasteiger partial charge on any atom is -0.496 e. The number of nitrogens with zero attached hydrogens (tertiary/aromatic N) is 2. The molecule has 0 aliphatic carbocycles. The van der Waals surface area contributed by atoms with Crippen LogP contribution in [0.1, 0.15) is 78.4 Å². The van der Waals surface area contributed by atoms with Gasteiger partial charge < -0.3 is 60.3 Å². The highest BCUT2D eigenvalue weighted by Gasteiger charge is 2.36. The van der Waals surface area contributed by atoms with Crippen molar-refractivity contribution in [3.63, 3.8) is 0 Å². The zero-order valence-corrected chi connectivity index (χ0v) is 42.6. The Morgan fingerprint density at radius 3 is 1.29 bits per heavy atom. The van der Waals surface area contributed by atoms with Gasteiger partial charge in [-0.2, -0.15) is 0 Å². The summed E-state index contributed by atoms with van der Waals surface area (Å²) in [6, 6.07) is 7.58. The predicted octanol–water partition coefficient (Wildman–Crippen LogP) is 4.45. The number of carbonyl (C=O) groups excluding carboxylic acids is 4. The van der Waals surface area contributed by atoms with E-state index in [0.717, 1.165) is 29.8 Å². The molecule has 18 heteroatoms. The van der Waals surface area contributed by atoms with Gasteiger partial charge in [0.25, 0.3) is 0 Å². The summed E-state index contributed by atoms with van der Waals surface area (Å²) >= 11 is 4.39. The Bertz CT molecular complexity index is 1640. The molecule has 2 aromatic rings. The number of carbonyl (C=O) groups is 4. The van der Waals surface area contributed by atoms with Crippen LogP contribution in [0.2, 0.25) is 0 Å². The molecule has 0 aliphatic rings. The molecule has 62 heavy (non-hydrogen) atoms. The summed E-state index contributed by atoms with van der Waals surface area (Å²) < 4.78 is 36.0. The molecule has 0 saturated carbocycles. The van der Waals surface area contributed by atoms with Crippen molar-refractivity contribution >= 4 is 68.8 Å². The molecule has 0 spiro atoms. The Morgan fingerprint density at radius 2 is 0.968 bits per heavy atom. The molecule has 2 unspecified atom stereocenters. The minimum absolute atomic E-state index is 0.0564. The van der Waals surface area contributed by atoms with E-state index in [0.29, 0.717) is 50.4 Å². The fourth-order valence-electron chi connectivity index (χ4n) is 6.05. The van der Waals surface area contributed by atoms with Gasteiger partial charge in [0.1, 0.15) is 34.1 Å². The van der Waals surface area contributed by atoms with Gasteiger partial charge in [0.15, 0.2) is 0 Å². The maximum absolute atomic E-state index is 13.0. The number of rotatable bonds is 29. The summed E-state index contributed by atoms with van der Waals surface area (Å²) in [5, 5.41) is 5.68. The summed E-state index contributed by atoms with van der Waals surface area (Å²) in [6.07, 6.45) is 2.62. The van der Waals surface area contributed by atoms with E-state index in [1.807, 2.05) is 38.1 Å². The molecule has 2 rings (SSSR count). The van der Waals surface area contributed by atoms with Crippen molar-refractivity contribution in [2.24, 2.45) is 11.5 Å². The van der Waals surface area contributed by atoms with Gasteiger partial charge in [-0.25, -0.2) is 0 Å². The average molecular weight is 1100 g/mol. The average Bonchev–Trinajstić information content (AvgIpc) is 3.21. The fourth-order valence-corrected chi connectivity index (χ4v) is 7.37. The lowest BCUT2D eigenvalue weighted by atomic mass is 10.0. The zero-order chi connectivity index (χ0) is 46.6. The first-order chi connectivity index (χ1) is 29.2. The van der Waals surface area contributed by atoms with Crippen LogP contribution in [0.15, 0.2) is 24.3 Å². The van der Waals surface area contributed by atoms with E-state index in [9.17, 15) is 19.2 Å². The first kappa shape index (κ1) is 55.0. The summed E-state index contributed by atoms with van der Waals surface area (Å²) in [6.45, 7) is 12.9. The molecule has 0 aromatic heterocycles. The summed E-state index contributed by atoms with van der Waals surface area (Å²) in [5.74, 6) is 1.99. The standard InChI is InChI=1S/C44H70I2N6O10/c1-29(47)23-31-25-37(57-9)33(45)27-35(31)61-17-11-13-39(53)51(7)43(3,4)41(55)49-15-19-59-21-22-60-20-16-50-42(56)44(5,6)52(8)40(54)14-12-18-62-36-28-34(46)38(58-10)26-32(36)24-30(2)48/h25-30H,11-24,47-48H2,1-10H3,(H,49,55)(H,50,56). The van der Waals surface area contributed by atoms with Crippen LogP contribution in [-0.2, 0) is 41.5 Å². The van der Waals surface area contributed by atoms with Gasteiger partial charge in [0.2, 0.25) is 23.6 Å². The topological polar surface area (TPSA) is 206 Å². The lowest BCUT2D eigenvalue weighted by molar-refractivity contribution is -0.144. The first-order valence-corrected chi connectivity index (χ1v) is 23.1. The van der Waals surface area contributed by atoms with Crippen LogP contribution >= 0.6 is 45.2 Å². The smallest absolute Gasteiger partial charge is 0.245 e. The number of likely N-dealkylation sites (N-methyl/N-ethyl adjacent to an activating group) is 2. The molecule has 0 saturated heterocycles. The lowest BCUT2D eigenvalue weighted by Crippen LogP contribution is -2.55. The molecule has 350 valence electrons. The zero-order valence-electron chi connectivity index (χ0n) is 38.3. The highest BCUT2D eigenvalue weighted by atomic mass is 127. The van der Waals surface area contributed by atoms with Crippen LogP contribution < -0.4 is 41.0 Å². The minimum atomic E-state index is -1.08. The van der Waals surface area contributed by atoms with Crippen molar-refractivity contribution in [2.45, 2.75) is 103 Å². The van der Waals surface area contributed by atoms with Crippen LogP contribution in [0.25, 0.3) is 0 Å². The molecule has 0 radical (unpaired) electrons. The van der Waals surface area contributed by atoms with Crippen LogP contribution in [-0.4, -0.2) is 138 Å². The molecular formula is C44H70I2N6O10. The van der Waals surface area contributed by atoms with Crippen molar-refractivity contribution in [3.05, 3.63) is 42.5 Å². The van der Waals surface area contributed by atoms with Crippen LogP contribution in [0.4, 0.5) is 0 Å². The number of methoxy groups -OCH3 is 2. The summed E-state index contributed by atoms with van der Waals surface area (Å²) in [5.41, 5.74) is 11.8. The number of nitrogens with one attached hydrogen (secondary N) is 2. The van der Waals surface area contributed by atoms with E-state index in [2.05, 4.69) is 55.8 Å². The number of ether oxygens (including phenoxy) is 6. The second kappa shape index (κ2) is 27.2. The highest BCUT2D eigenvalue weighted by molar-refractivity contribution is 14.1. The molecule has 2 atom stereocenters. The number of halogens is 2. The van der Waals surface area contributed by atoms with Crippen LogP contribution in [0.3, 0.4) is 0 Å². The number of hydrogen-bond donors (Lipinski definition) is 4. The van der Waals surface area contributed by atoms with Gasteiger partial charge in [-0.05, 0) is 148 Å². The Labute approximate surface area is 395 Å². The third-order valence-electron chi connectivity index (χ3n) is 10.3. The Hall–Kier alpha value is -3.18. The summed E-state index contributed by atoms with van der Waals surface area (Å²) in [4.78, 5) is 55.0. The molecule has 0 bridgehead atoms. The van der Waals surface area contributed by atoms with E-state index in [4.69, 9.17) is 39.9 Å². The van der Waals surface area contributed by atoms with Gasteiger partial charge >= 0.3 is 0 Å². The molecule has 0 aliphatic heterocycles. The monoisotopic (exact) mass is 1100 g/mol. The molecule has 16 nitrogen and oxygen atoms in total. The van der Waals surface area contributed by atoms with Crippen molar-refractivity contribution < 1.29 is 47.6 Å². The summed E-state index contributed by atoms with van der Waals surface area (Å²) in [7, 11) is 6.48. The largest absolute Gasteiger partial charge is 0.496 e. The maximum Gasteiger partial charge on any atom is 0.245 e. The van der Waals surface area contributed by atoms with E-state index in [-0.39, 0.29) is 88.1 Å². The van der Waals surface area contributed by atoms with Crippen molar-refractivity contribution in [1.29, 1.82) is 0 Å². The molecule has 4 amide bonds. The van der Waals surface area contributed by atoms with Crippen molar-refractivity contribution in [3.8, 4) is 23.0 Å². The van der Waals surface area contributed by atoms with E-state index in [1.54, 1.807) is 56.0 Å². The van der Waals surface area contributed by atoms with Gasteiger partial charge in [0, 0.05) is 52.1 Å². The number of benzene rings is 2. The molecule has 0 heterocycles. The maximum atomic E-state index is 13.0. The third kappa shape index (κ3) is 17.8. The highest BCUT2D eigenvalue weighted by Crippen LogP contribution is 2.32. The van der Waals surface area contributed by atoms with Crippen molar-refractivity contribution in [1.82, 2.24) is 20.4 Å². The Kier molecular flexibility index (Phi) is 24.1. The van der Waals surface area contributed by atoms with E-state index < -0.39 is 11.1 Å². The SMILES string of the molecule is COc1cc(CC(C)N)c(OCCCC(=O)N(C)C(C)(C)C(=O)NCCOCCOCCNC(=O)C(C)(C)N(C)C(=O)CCCOc2cc(I)c(OC)cc2CC(C)N)cc1I. The van der Waals surface area contributed by atoms with Crippen LogP contribution in [0, 0.1) is 7.14 Å². The second-order valence-electron chi connectivity index (χ2n) is 16.2. The van der Waals surface area contributed by atoms with E-state index in [1.165, 1.54) is 9.80 Å². The molecule has 0 fully saturated rings. The quantitative estimate of drug-likeness (QED) is 0.0659. The normalized spacial score (nSPS) is 12.5. The molecule has 6 N–H and O–H groups in total. The molecule has 2 aromatic carbocycles. The van der Waals surface area contributed by atoms with Gasteiger partial charge in [0.05, 0.1) is 61.0 Å². The lowest BCUT2D eigenvalue weighted by Gasteiger charge is -2.34. The van der Waals surface area contributed by atoms with Crippen molar-refractivity contribution in [2.75, 3.05) is 81.0 Å². The predicted molar refractivity (Wildman–Crippen MR) is 257 cm³/mol. The van der Waals surface area contributed by atoms with E-state index >= 15 is 0 Å². The van der Waals surface area contributed by atoms with Gasteiger partial charge in [-0.3, -0.25) is 19.2 Å². The first-order valence-electron chi connectivity index (χ1n) is 20.9. The Balaban J connectivity index is 1.63. The number of hydrogen-bond acceptors (Lipinski definition) is 12. The second-order valence-corrected chi connectivity index (χ2v) is 18.5.